The molecule has 0 aliphatic carbocycles. The third kappa shape index (κ3) is 3.13. The van der Waals surface area contributed by atoms with Crippen molar-refractivity contribution in [3.8, 4) is 0 Å². The summed E-state index contributed by atoms with van der Waals surface area (Å²) in [5, 5.41) is 0. The van der Waals surface area contributed by atoms with E-state index in [4.69, 9.17) is 5.73 Å². The molecule has 112 valence electrons. The molecule has 3 N–H and O–H groups in total. The molecule has 0 saturated heterocycles. The van der Waals surface area contributed by atoms with Crippen molar-refractivity contribution in [1.82, 2.24) is 0 Å². The minimum atomic E-state index is -4.38. The summed E-state index contributed by atoms with van der Waals surface area (Å²) in [7, 11) is -4.38. The first-order chi connectivity index (χ1) is 9.70. The normalized spacial score (nSPS) is 11.4. The smallest absolute Gasteiger partial charge is 0.267 e. The van der Waals surface area contributed by atoms with Crippen molar-refractivity contribution in [3.63, 3.8) is 0 Å². The summed E-state index contributed by atoms with van der Waals surface area (Å²) < 4.78 is 54.0. The van der Waals surface area contributed by atoms with E-state index in [0.29, 0.717) is 5.56 Å². The molecule has 2 rings (SSSR count). The predicted molar refractivity (Wildman–Crippen MR) is 77.5 cm³/mol. The van der Waals surface area contributed by atoms with Crippen LogP contribution in [0.5, 0.6) is 0 Å². The van der Waals surface area contributed by atoms with Gasteiger partial charge in [-0.3, -0.25) is 4.72 Å². The van der Waals surface area contributed by atoms with Crippen molar-refractivity contribution in [3.05, 3.63) is 53.1 Å². The van der Waals surface area contributed by atoms with Crippen LogP contribution in [0.3, 0.4) is 0 Å². The molecule has 0 aromatic heterocycles. The number of sulfonamides is 1. The van der Waals surface area contributed by atoms with Crippen LogP contribution in [-0.4, -0.2) is 8.42 Å². The topological polar surface area (TPSA) is 72.2 Å². The average Bonchev–Trinajstić information content (AvgIpc) is 2.30. The van der Waals surface area contributed by atoms with E-state index in [0.717, 1.165) is 17.7 Å². The lowest BCUT2D eigenvalue weighted by atomic mass is 10.1. The molecule has 0 saturated carbocycles. The second-order valence-corrected chi connectivity index (χ2v) is 6.36. The van der Waals surface area contributed by atoms with Crippen LogP contribution in [0.4, 0.5) is 20.2 Å². The number of nitrogens with one attached hydrogen (secondary N) is 1. The fourth-order valence-electron chi connectivity index (χ4n) is 1.96. The first-order valence-corrected chi connectivity index (χ1v) is 7.53. The number of halogens is 2. The van der Waals surface area contributed by atoms with Gasteiger partial charge in [-0.05, 0) is 37.6 Å². The van der Waals surface area contributed by atoms with Crippen LogP contribution in [0.1, 0.15) is 11.1 Å². The lowest BCUT2D eigenvalue weighted by Crippen LogP contribution is -2.17. The zero-order valence-electron chi connectivity index (χ0n) is 11.4. The number of rotatable bonds is 3. The lowest BCUT2D eigenvalue weighted by molar-refractivity contribution is 0.522. The molecule has 0 spiro atoms. The van der Waals surface area contributed by atoms with Crippen LogP contribution >= 0.6 is 0 Å². The van der Waals surface area contributed by atoms with Crippen molar-refractivity contribution < 1.29 is 17.2 Å². The Morgan fingerprint density at radius 1 is 1.05 bits per heavy atom. The number of aryl methyl sites for hydroxylation is 2. The predicted octanol–water partition coefficient (Wildman–Crippen LogP) is 2.96. The van der Waals surface area contributed by atoms with Crippen molar-refractivity contribution in [1.29, 1.82) is 0 Å². The number of benzene rings is 2. The Morgan fingerprint density at radius 3 is 2.14 bits per heavy atom. The second kappa shape index (κ2) is 5.33. The molecule has 7 heteroatoms. The lowest BCUT2D eigenvalue weighted by Gasteiger charge is -2.12. The summed E-state index contributed by atoms with van der Waals surface area (Å²) >= 11 is 0. The van der Waals surface area contributed by atoms with E-state index in [2.05, 4.69) is 4.72 Å². The molecule has 0 aliphatic rings. The van der Waals surface area contributed by atoms with Gasteiger partial charge in [-0.2, -0.15) is 0 Å². The summed E-state index contributed by atoms with van der Waals surface area (Å²) in [6.07, 6.45) is 0. The minimum absolute atomic E-state index is 0.185. The van der Waals surface area contributed by atoms with Crippen molar-refractivity contribution >= 4 is 21.4 Å². The first-order valence-electron chi connectivity index (χ1n) is 6.05. The first kappa shape index (κ1) is 15.2. The van der Waals surface area contributed by atoms with Gasteiger partial charge in [0, 0.05) is 5.69 Å². The van der Waals surface area contributed by atoms with E-state index in [1.165, 1.54) is 6.07 Å². The molecular weight excluding hydrogens is 298 g/mol. The van der Waals surface area contributed by atoms with E-state index in [1.54, 1.807) is 19.1 Å². The fourth-order valence-corrected chi connectivity index (χ4v) is 3.21. The van der Waals surface area contributed by atoms with Crippen LogP contribution in [-0.2, 0) is 10.0 Å². The van der Waals surface area contributed by atoms with E-state index >= 15 is 0 Å². The van der Waals surface area contributed by atoms with Gasteiger partial charge in [-0.15, -0.1) is 0 Å². The highest BCUT2D eigenvalue weighted by Gasteiger charge is 2.25. The summed E-state index contributed by atoms with van der Waals surface area (Å²) in [4.78, 5) is -1.04. The van der Waals surface area contributed by atoms with Crippen LogP contribution in [0, 0.1) is 25.5 Å². The summed E-state index contributed by atoms with van der Waals surface area (Å²) in [6, 6.07) is 6.52. The quantitative estimate of drug-likeness (QED) is 0.856. The van der Waals surface area contributed by atoms with Gasteiger partial charge in [-0.25, -0.2) is 17.2 Å². The van der Waals surface area contributed by atoms with Crippen LogP contribution in [0.25, 0.3) is 0 Å². The molecule has 2 aromatic rings. The van der Waals surface area contributed by atoms with Gasteiger partial charge >= 0.3 is 0 Å². The molecule has 0 bridgehead atoms. The molecule has 4 nitrogen and oxygen atoms in total. The van der Waals surface area contributed by atoms with Crippen LogP contribution in [0.2, 0.25) is 0 Å². The standard InChI is InChI=1S/C14H14F2N2O2S/c1-8-3-4-13(9(2)5-8)18-21(19,20)14-11(15)6-10(17)7-12(14)16/h3-7,18H,17H2,1-2H3. The van der Waals surface area contributed by atoms with Crippen LogP contribution in [0.15, 0.2) is 35.2 Å². The van der Waals surface area contributed by atoms with Crippen molar-refractivity contribution in [2.24, 2.45) is 0 Å². The van der Waals surface area contributed by atoms with E-state index in [9.17, 15) is 17.2 Å². The van der Waals surface area contributed by atoms with Gasteiger partial charge in [0.25, 0.3) is 10.0 Å². The van der Waals surface area contributed by atoms with Gasteiger partial charge in [0.15, 0.2) is 4.90 Å². The highest BCUT2D eigenvalue weighted by molar-refractivity contribution is 7.92. The maximum Gasteiger partial charge on any atom is 0.267 e. The van der Waals surface area contributed by atoms with E-state index in [1.807, 2.05) is 6.92 Å². The second-order valence-electron chi connectivity index (χ2n) is 4.74. The third-order valence-corrected chi connectivity index (χ3v) is 4.33. The number of hydrogen-bond donors (Lipinski definition) is 2. The molecule has 0 radical (unpaired) electrons. The number of hydrogen-bond acceptors (Lipinski definition) is 3. The molecule has 21 heavy (non-hydrogen) atoms. The monoisotopic (exact) mass is 312 g/mol. The van der Waals surface area contributed by atoms with Gasteiger partial charge in [-0.1, -0.05) is 17.7 Å². The Hall–Kier alpha value is -2.15. The summed E-state index contributed by atoms with van der Waals surface area (Å²) in [5.74, 6) is -2.46. The average molecular weight is 312 g/mol. The summed E-state index contributed by atoms with van der Waals surface area (Å²) in [6.45, 7) is 3.55. The van der Waals surface area contributed by atoms with Gasteiger partial charge in [0.1, 0.15) is 11.6 Å². The molecule has 2 aromatic carbocycles. The number of nitrogen functional groups attached to an aromatic ring is 1. The maximum absolute atomic E-state index is 13.7. The minimum Gasteiger partial charge on any atom is -0.399 e. The highest BCUT2D eigenvalue weighted by Crippen LogP contribution is 2.25. The van der Waals surface area contributed by atoms with Crippen molar-refractivity contribution in [2.75, 3.05) is 10.5 Å². The molecule has 0 unspecified atom stereocenters. The fraction of sp³-hybridized carbons (Fsp3) is 0.143. The highest BCUT2D eigenvalue weighted by atomic mass is 32.2. The Balaban J connectivity index is 2.48. The zero-order chi connectivity index (χ0) is 15.8. The molecule has 0 fully saturated rings. The molecule has 0 atom stereocenters. The molecule has 0 amide bonds. The Kier molecular flexibility index (Phi) is 3.87. The van der Waals surface area contributed by atoms with E-state index < -0.39 is 26.6 Å². The Labute approximate surface area is 121 Å². The SMILES string of the molecule is Cc1ccc(NS(=O)(=O)c2c(F)cc(N)cc2F)c(C)c1. The van der Waals surface area contributed by atoms with Crippen molar-refractivity contribution in [2.45, 2.75) is 18.7 Å². The third-order valence-electron chi connectivity index (χ3n) is 2.92. The molecule has 0 aliphatic heterocycles. The largest absolute Gasteiger partial charge is 0.399 e. The number of anilines is 2. The maximum atomic E-state index is 13.7. The molecular formula is C14H14F2N2O2S. The summed E-state index contributed by atoms with van der Waals surface area (Å²) in [5.41, 5.74) is 6.94. The Morgan fingerprint density at radius 2 is 1.62 bits per heavy atom. The van der Waals surface area contributed by atoms with E-state index in [-0.39, 0.29) is 11.4 Å². The zero-order valence-corrected chi connectivity index (χ0v) is 12.3. The Bertz CT molecular complexity index is 782. The number of nitrogens with two attached hydrogens (primary N) is 1. The van der Waals surface area contributed by atoms with Gasteiger partial charge < -0.3 is 5.73 Å². The molecule has 0 heterocycles. The van der Waals surface area contributed by atoms with Gasteiger partial charge in [0.05, 0.1) is 5.69 Å². The van der Waals surface area contributed by atoms with Gasteiger partial charge in [0.2, 0.25) is 0 Å². The van der Waals surface area contributed by atoms with Crippen LogP contribution < -0.4 is 10.5 Å².